The predicted molar refractivity (Wildman–Crippen MR) is 78.0 cm³/mol. The van der Waals surface area contributed by atoms with E-state index in [0.717, 1.165) is 17.9 Å². The van der Waals surface area contributed by atoms with Crippen LogP contribution in [-0.2, 0) is 6.54 Å². The van der Waals surface area contributed by atoms with Crippen molar-refractivity contribution in [2.24, 2.45) is 0 Å². The second kappa shape index (κ2) is 5.14. The van der Waals surface area contributed by atoms with Crippen molar-refractivity contribution >= 4 is 17.1 Å². The van der Waals surface area contributed by atoms with Crippen molar-refractivity contribution in [2.75, 3.05) is 19.6 Å². The Kier molecular flexibility index (Phi) is 2.99. The number of rotatable bonds is 4. The summed E-state index contributed by atoms with van der Waals surface area (Å²) in [6.07, 6.45) is 3.64. The highest BCUT2D eigenvalue weighted by molar-refractivity contribution is 5.88. The third-order valence-electron chi connectivity index (χ3n) is 3.80. The molecule has 0 atom stereocenters. The molecular weight excluding hydrogens is 284 g/mol. The first-order chi connectivity index (χ1) is 10.8. The highest BCUT2D eigenvalue weighted by Gasteiger charge is 2.19. The Hall–Kier alpha value is -2.90. The Morgan fingerprint density at radius 1 is 1.27 bits per heavy atom. The molecule has 0 bridgehead atoms. The molecule has 112 valence electrons. The normalized spacial score (nSPS) is 14.7. The number of fused-ring (bicyclic) bond motifs is 1. The summed E-state index contributed by atoms with van der Waals surface area (Å²) in [6.45, 7) is 2.76. The summed E-state index contributed by atoms with van der Waals surface area (Å²) < 4.78 is 6.81. The topological polar surface area (TPSA) is 89.1 Å². The molecule has 4 rings (SSSR count). The van der Waals surface area contributed by atoms with Gasteiger partial charge in [-0.25, -0.2) is 14.4 Å². The molecule has 1 fully saturated rings. The van der Waals surface area contributed by atoms with Crippen LogP contribution >= 0.6 is 0 Å². The van der Waals surface area contributed by atoms with Crippen molar-refractivity contribution in [3.05, 3.63) is 30.6 Å². The molecule has 1 aromatic carbocycles. The number of amides is 2. The van der Waals surface area contributed by atoms with Gasteiger partial charge in [-0.05, 0) is 22.4 Å². The molecular formula is C14H14N6O2. The Labute approximate surface area is 125 Å². The maximum Gasteiger partial charge on any atom is 0.317 e. The number of hydrogen-bond acceptors (Lipinski definition) is 5. The summed E-state index contributed by atoms with van der Waals surface area (Å²) in [5.41, 5.74) is 2.26. The largest absolute Gasteiger partial charge is 0.336 e. The number of hydrogen-bond donors (Lipinski definition) is 1. The highest BCUT2D eigenvalue weighted by Crippen LogP contribution is 2.25. The molecule has 22 heavy (non-hydrogen) atoms. The van der Waals surface area contributed by atoms with Gasteiger partial charge in [0.2, 0.25) is 0 Å². The van der Waals surface area contributed by atoms with Crippen LogP contribution in [-0.4, -0.2) is 50.4 Å². The Morgan fingerprint density at radius 3 is 3.09 bits per heavy atom. The predicted octanol–water partition coefficient (Wildman–Crippen LogP) is 1.11. The molecule has 0 unspecified atom stereocenters. The minimum absolute atomic E-state index is 0.00975. The number of carbonyl (C=O) groups excluding carboxylic acids is 1. The second-order valence-corrected chi connectivity index (χ2v) is 5.10. The first kappa shape index (κ1) is 12.8. The van der Waals surface area contributed by atoms with Gasteiger partial charge in [-0.3, -0.25) is 0 Å². The first-order valence-corrected chi connectivity index (χ1v) is 7.08. The van der Waals surface area contributed by atoms with Crippen molar-refractivity contribution < 1.29 is 9.42 Å². The van der Waals surface area contributed by atoms with Crippen LogP contribution in [0.5, 0.6) is 0 Å². The van der Waals surface area contributed by atoms with Crippen LogP contribution in [0.1, 0.15) is 0 Å². The molecule has 0 radical (unpaired) electrons. The molecule has 2 aromatic heterocycles. The lowest BCUT2D eigenvalue weighted by Gasteiger charge is -2.15. The Balaban J connectivity index is 1.62. The van der Waals surface area contributed by atoms with E-state index in [-0.39, 0.29) is 6.03 Å². The second-order valence-electron chi connectivity index (χ2n) is 5.10. The lowest BCUT2D eigenvalue weighted by atomic mass is 10.1. The fourth-order valence-electron chi connectivity index (χ4n) is 2.67. The maximum absolute atomic E-state index is 11.6. The van der Waals surface area contributed by atoms with Crippen LogP contribution in [0.15, 0.2) is 35.2 Å². The summed E-state index contributed by atoms with van der Waals surface area (Å²) in [7, 11) is 0. The van der Waals surface area contributed by atoms with E-state index in [1.807, 2.05) is 29.0 Å². The van der Waals surface area contributed by atoms with E-state index in [4.69, 9.17) is 4.63 Å². The molecule has 3 heterocycles. The van der Waals surface area contributed by atoms with E-state index in [0.29, 0.717) is 30.7 Å². The van der Waals surface area contributed by atoms with E-state index in [9.17, 15) is 4.79 Å². The number of carbonyl (C=O) groups is 1. The third kappa shape index (κ3) is 2.09. The van der Waals surface area contributed by atoms with Crippen LogP contribution in [0.4, 0.5) is 4.79 Å². The smallest absolute Gasteiger partial charge is 0.317 e. The minimum atomic E-state index is -0.00975. The molecule has 8 heteroatoms. The fourth-order valence-corrected chi connectivity index (χ4v) is 2.67. The van der Waals surface area contributed by atoms with E-state index in [1.54, 1.807) is 11.1 Å². The van der Waals surface area contributed by atoms with Crippen LogP contribution in [0.2, 0.25) is 0 Å². The molecule has 1 saturated heterocycles. The van der Waals surface area contributed by atoms with Gasteiger partial charge in [-0.15, -0.1) is 0 Å². The summed E-state index contributed by atoms with van der Waals surface area (Å²) in [5.74, 6) is 0.793. The molecule has 1 aliphatic rings. The molecule has 0 saturated carbocycles. The zero-order chi connectivity index (χ0) is 14.9. The Morgan fingerprint density at radius 2 is 2.23 bits per heavy atom. The van der Waals surface area contributed by atoms with Crippen molar-refractivity contribution in [3.8, 4) is 11.4 Å². The van der Waals surface area contributed by atoms with E-state index >= 15 is 0 Å². The van der Waals surface area contributed by atoms with Gasteiger partial charge in [0, 0.05) is 44.1 Å². The molecule has 1 aliphatic heterocycles. The summed E-state index contributed by atoms with van der Waals surface area (Å²) >= 11 is 0. The minimum Gasteiger partial charge on any atom is -0.336 e. The molecule has 2 amide bonds. The molecule has 0 spiro atoms. The zero-order valence-corrected chi connectivity index (χ0v) is 11.8. The monoisotopic (exact) mass is 298 g/mol. The summed E-state index contributed by atoms with van der Waals surface area (Å²) in [6, 6.07) is 5.67. The number of nitrogens with zero attached hydrogens (tertiary/aromatic N) is 5. The van der Waals surface area contributed by atoms with Crippen LogP contribution in [0, 0.1) is 0 Å². The van der Waals surface area contributed by atoms with Gasteiger partial charge in [0.25, 0.3) is 0 Å². The van der Waals surface area contributed by atoms with Crippen molar-refractivity contribution in [1.29, 1.82) is 0 Å². The van der Waals surface area contributed by atoms with Gasteiger partial charge in [0.05, 0.1) is 0 Å². The summed E-state index contributed by atoms with van der Waals surface area (Å²) in [5, 5.41) is 10.6. The number of imidazole rings is 1. The van der Waals surface area contributed by atoms with Crippen molar-refractivity contribution in [1.82, 2.24) is 30.1 Å². The quantitative estimate of drug-likeness (QED) is 0.779. The maximum atomic E-state index is 11.6. The van der Waals surface area contributed by atoms with Crippen molar-refractivity contribution in [3.63, 3.8) is 0 Å². The first-order valence-electron chi connectivity index (χ1n) is 7.08. The van der Waals surface area contributed by atoms with E-state index < -0.39 is 0 Å². The Bertz CT molecular complexity index is 823. The highest BCUT2D eigenvalue weighted by atomic mass is 16.6. The number of nitrogens with one attached hydrogen (secondary N) is 1. The average molecular weight is 298 g/mol. The third-order valence-corrected chi connectivity index (χ3v) is 3.80. The van der Waals surface area contributed by atoms with Gasteiger partial charge in [0.15, 0.2) is 0 Å². The van der Waals surface area contributed by atoms with Crippen LogP contribution in [0.25, 0.3) is 22.4 Å². The molecule has 8 nitrogen and oxygen atoms in total. The van der Waals surface area contributed by atoms with Crippen molar-refractivity contribution in [2.45, 2.75) is 6.54 Å². The lowest BCUT2D eigenvalue weighted by Crippen LogP contribution is -2.31. The SMILES string of the molecule is O=C1NCCN1CCn1ccnc1-c1cccc2nonc12. The standard InChI is InChI=1S/C14H14N6O2/c21-14-16-5-7-20(14)9-8-19-6-4-15-13(19)10-2-1-3-11-12(10)18-22-17-11/h1-4,6H,5,7-9H2,(H,16,21). The van der Waals surface area contributed by atoms with Gasteiger partial charge in [-0.2, -0.15) is 0 Å². The van der Waals surface area contributed by atoms with Gasteiger partial charge >= 0.3 is 6.03 Å². The van der Waals surface area contributed by atoms with Crippen LogP contribution in [0.3, 0.4) is 0 Å². The average Bonchev–Trinajstić information content (AvgIpc) is 3.25. The number of aromatic nitrogens is 4. The van der Waals surface area contributed by atoms with Gasteiger partial charge in [0.1, 0.15) is 16.9 Å². The molecule has 3 aromatic rings. The zero-order valence-electron chi connectivity index (χ0n) is 11.8. The number of urea groups is 1. The van der Waals surface area contributed by atoms with E-state index in [2.05, 4.69) is 20.6 Å². The lowest BCUT2D eigenvalue weighted by molar-refractivity contribution is 0.215. The molecule has 0 aliphatic carbocycles. The van der Waals surface area contributed by atoms with Crippen LogP contribution < -0.4 is 5.32 Å². The molecule has 1 N–H and O–H groups in total. The van der Waals surface area contributed by atoms with Gasteiger partial charge < -0.3 is 14.8 Å². The van der Waals surface area contributed by atoms with E-state index in [1.165, 1.54) is 0 Å². The number of benzene rings is 1. The van der Waals surface area contributed by atoms with Gasteiger partial charge in [-0.1, -0.05) is 6.07 Å². The fraction of sp³-hybridized carbons (Fsp3) is 0.286. The summed E-state index contributed by atoms with van der Waals surface area (Å²) in [4.78, 5) is 17.8.